The average Bonchev–Trinajstić information content (AvgIpc) is 2.68. The van der Waals surface area contributed by atoms with Gasteiger partial charge in [-0.1, -0.05) is 12.1 Å². The minimum absolute atomic E-state index is 0.0875. The number of sulfonamides is 1. The number of ether oxygens (including phenoxy) is 1. The fourth-order valence-corrected chi connectivity index (χ4v) is 3.66. The SMILES string of the molecule is COc1cc(F)ccc1-c1ccnc(Nc2cccc(CS(=O)(=O)N(C)C)c2)c1. The van der Waals surface area contributed by atoms with Crippen molar-refractivity contribution in [3.05, 3.63) is 72.2 Å². The Hall–Kier alpha value is -2.97. The summed E-state index contributed by atoms with van der Waals surface area (Å²) in [5.74, 6) is 0.539. The van der Waals surface area contributed by atoms with Gasteiger partial charge in [0.25, 0.3) is 0 Å². The van der Waals surface area contributed by atoms with Gasteiger partial charge in [-0.05, 0) is 47.5 Å². The summed E-state index contributed by atoms with van der Waals surface area (Å²) in [5.41, 5.74) is 2.93. The van der Waals surface area contributed by atoms with Gasteiger partial charge in [-0.2, -0.15) is 0 Å². The van der Waals surface area contributed by atoms with Gasteiger partial charge in [0.15, 0.2) is 0 Å². The molecule has 0 unspecified atom stereocenters. The van der Waals surface area contributed by atoms with Gasteiger partial charge in [-0.3, -0.25) is 0 Å². The van der Waals surface area contributed by atoms with Crippen molar-refractivity contribution in [2.45, 2.75) is 5.75 Å². The molecule has 0 aliphatic heterocycles. The Morgan fingerprint density at radius 2 is 1.90 bits per heavy atom. The Balaban J connectivity index is 1.85. The van der Waals surface area contributed by atoms with E-state index in [1.54, 1.807) is 36.5 Å². The summed E-state index contributed by atoms with van der Waals surface area (Å²) < 4.78 is 44.2. The summed E-state index contributed by atoms with van der Waals surface area (Å²) in [5, 5.41) is 3.18. The summed E-state index contributed by atoms with van der Waals surface area (Å²) in [6, 6.07) is 15.1. The molecule has 1 heterocycles. The molecule has 0 aliphatic rings. The molecule has 1 aromatic heterocycles. The molecule has 0 spiro atoms. The minimum Gasteiger partial charge on any atom is -0.496 e. The summed E-state index contributed by atoms with van der Waals surface area (Å²) in [4.78, 5) is 4.31. The van der Waals surface area contributed by atoms with Crippen LogP contribution in [0.1, 0.15) is 5.56 Å². The van der Waals surface area contributed by atoms with Gasteiger partial charge in [-0.25, -0.2) is 22.1 Å². The zero-order valence-electron chi connectivity index (χ0n) is 16.4. The molecular formula is C21H22FN3O3S. The third-order valence-electron chi connectivity index (χ3n) is 4.34. The number of pyridine rings is 1. The van der Waals surface area contributed by atoms with Crippen LogP contribution in [0.25, 0.3) is 11.1 Å². The highest BCUT2D eigenvalue weighted by atomic mass is 32.2. The molecule has 1 N–H and O–H groups in total. The Labute approximate surface area is 170 Å². The molecule has 2 aromatic carbocycles. The summed E-state index contributed by atoms with van der Waals surface area (Å²) in [6.07, 6.45) is 1.64. The summed E-state index contributed by atoms with van der Waals surface area (Å²) >= 11 is 0. The van der Waals surface area contributed by atoms with Gasteiger partial charge in [0.05, 0.1) is 12.9 Å². The van der Waals surface area contributed by atoms with E-state index in [1.807, 2.05) is 12.1 Å². The number of nitrogens with zero attached hydrogens (tertiary/aromatic N) is 2. The lowest BCUT2D eigenvalue weighted by molar-refractivity contribution is 0.413. The van der Waals surface area contributed by atoms with Crippen molar-refractivity contribution in [3.63, 3.8) is 0 Å². The van der Waals surface area contributed by atoms with Gasteiger partial charge < -0.3 is 10.1 Å². The van der Waals surface area contributed by atoms with Crippen LogP contribution in [0.4, 0.5) is 15.9 Å². The lowest BCUT2D eigenvalue weighted by Crippen LogP contribution is -2.23. The van der Waals surface area contributed by atoms with Crippen molar-refractivity contribution < 1.29 is 17.5 Å². The first-order valence-corrected chi connectivity index (χ1v) is 10.5. The average molecular weight is 415 g/mol. The van der Waals surface area contributed by atoms with Gasteiger partial charge in [0, 0.05) is 37.6 Å². The fourth-order valence-electron chi connectivity index (χ4n) is 2.80. The van der Waals surface area contributed by atoms with Gasteiger partial charge >= 0.3 is 0 Å². The van der Waals surface area contributed by atoms with Crippen molar-refractivity contribution in [3.8, 4) is 16.9 Å². The Morgan fingerprint density at radius 1 is 1.10 bits per heavy atom. The molecular weight excluding hydrogens is 393 g/mol. The zero-order chi connectivity index (χ0) is 21.0. The highest BCUT2D eigenvalue weighted by Gasteiger charge is 2.15. The number of methoxy groups -OCH3 is 1. The van der Waals surface area contributed by atoms with E-state index < -0.39 is 10.0 Å². The standard InChI is InChI=1S/C21H22FN3O3S/c1-25(2)29(26,27)14-15-5-4-6-18(11-15)24-21-12-16(9-10-23-21)19-8-7-17(22)13-20(19)28-3/h4-13H,14H2,1-3H3,(H,23,24). The van der Waals surface area contributed by atoms with E-state index in [-0.39, 0.29) is 11.6 Å². The van der Waals surface area contributed by atoms with E-state index in [2.05, 4.69) is 10.3 Å². The summed E-state index contributed by atoms with van der Waals surface area (Å²) in [7, 11) is 1.16. The maximum absolute atomic E-state index is 13.5. The van der Waals surface area contributed by atoms with Crippen LogP contribution in [0, 0.1) is 5.82 Å². The van der Waals surface area contributed by atoms with Crippen molar-refractivity contribution in [1.82, 2.24) is 9.29 Å². The van der Waals surface area contributed by atoms with Gasteiger partial charge in [0.1, 0.15) is 17.4 Å². The maximum Gasteiger partial charge on any atom is 0.217 e. The first kappa shape index (κ1) is 20.8. The van der Waals surface area contributed by atoms with E-state index in [0.29, 0.717) is 22.8 Å². The normalized spacial score (nSPS) is 11.5. The van der Waals surface area contributed by atoms with E-state index in [4.69, 9.17) is 4.74 Å². The predicted molar refractivity (Wildman–Crippen MR) is 112 cm³/mol. The molecule has 3 aromatic rings. The van der Waals surface area contributed by atoms with Crippen LogP contribution in [-0.2, 0) is 15.8 Å². The smallest absolute Gasteiger partial charge is 0.217 e. The number of halogens is 1. The second-order valence-electron chi connectivity index (χ2n) is 6.64. The molecule has 0 saturated heterocycles. The Morgan fingerprint density at radius 3 is 2.62 bits per heavy atom. The zero-order valence-corrected chi connectivity index (χ0v) is 17.2. The number of hydrogen-bond acceptors (Lipinski definition) is 5. The molecule has 8 heteroatoms. The number of benzene rings is 2. The number of nitrogens with one attached hydrogen (secondary N) is 1. The number of aromatic nitrogens is 1. The Bertz CT molecular complexity index is 1120. The first-order chi connectivity index (χ1) is 13.8. The molecule has 0 saturated carbocycles. The highest BCUT2D eigenvalue weighted by molar-refractivity contribution is 7.88. The van der Waals surface area contributed by atoms with Crippen LogP contribution in [0.2, 0.25) is 0 Å². The number of hydrogen-bond donors (Lipinski definition) is 1. The largest absolute Gasteiger partial charge is 0.496 e. The molecule has 0 atom stereocenters. The Kier molecular flexibility index (Phi) is 6.14. The number of rotatable bonds is 7. The summed E-state index contributed by atoms with van der Waals surface area (Å²) in [6.45, 7) is 0. The monoisotopic (exact) mass is 415 g/mol. The molecule has 0 radical (unpaired) electrons. The van der Waals surface area contributed by atoms with E-state index in [9.17, 15) is 12.8 Å². The van der Waals surface area contributed by atoms with Crippen molar-refractivity contribution in [2.24, 2.45) is 0 Å². The van der Waals surface area contributed by atoms with Crippen LogP contribution in [0.5, 0.6) is 5.75 Å². The molecule has 0 amide bonds. The van der Waals surface area contributed by atoms with Crippen LogP contribution in [0.3, 0.4) is 0 Å². The quantitative estimate of drug-likeness (QED) is 0.631. The number of anilines is 2. The van der Waals surface area contributed by atoms with Crippen molar-refractivity contribution in [1.29, 1.82) is 0 Å². The maximum atomic E-state index is 13.5. The second-order valence-corrected chi connectivity index (χ2v) is 8.82. The van der Waals surface area contributed by atoms with Gasteiger partial charge in [-0.15, -0.1) is 0 Å². The lowest BCUT2D eigenvalue weighted by Gasteiger charge is -2.13. The van der Waals surface area contributed by atoms with Crippen molar-refractivity contribution >= 4 is 21.5 Å². The third kappa shape index (κ3) is 5.10. The molecule has 0 aliphatic carbocycles. The predicted octanol–water partition coefficient (Wildman–Crippen LogP) is 4.03. The van der Waals surface area contributed by atoms with Crippen LogP contribution < -0.4 is 10.1 Å². The highest BCUT2D eigenvalue weighted by Crippen LogP contribution is 2.32. The molecule has 3 rings (SSSR count). The van der Waals surface area contributed by atoms with E-state index >= 15 is 0 Å². The molecule has 6 nitrogen and oxygen atoms in total. The van der Waals surface area contributed by atoms with E-state index in [1.165, 1.54) is 37.6 Å². The molecule has 29 heavy (non-hydrogen) atoms. The minimum atomic E-state index is -3.35. The lowest BCUT2D eigenvalue weighted by atomic mass is 10.1. The first-order valence-electron chi connectivity index (χ1n) is 8.84. The van der Waals surface area contributed by atoms with Crippen LogP contribution in [-0.4, -0.2) is 38.9 Å². The van der Waals surface area contributed by atoms with Crippen LogP contribution >= 0.6 is 0 Å². The third-order valence-corrected chi connectivity index (χ3v) is 6.15. The topological polar surface area (TPSA) is 71.5 Å². The molecule has 0 fully saturated rings. The molecule has 152 valence electrons. The van der Waals surface area contributed by atoms with E-state index in [0.717, 1.165) is 11.1 Å². The second kappa shape index (κ2) is 8.59. The van der Waals surface area contributed by atoms with Crippen LogP contribution in [0.15, 0.2) is 60.8 Å². The van der Waals surface area contributed by atoms with Gasteiger partial charge in [0.2, 0.25) is 10.0 Å². The fraction of sp³-hybridized carbons (Fsp3) is 0.190. The van der Waals surface area contributed by atoms with Crippen molar-refractivity contribution in [2.75, 3.05) is 26.5 Å². The molecule has 0 bridgehead atoms.